The van der Waals surface area contributed by atoms with E-state index in [2.05, 4.69) is 59.7 Å². The van der Waals surface area contributed by atoms with Crippen LogP contribution in [-0.2, 0) is 11.8 Å². The van der Waals surface area contributed by atoms with Gasteiger partial charge in [-0.25, -0.2) is 0 Å². The van der Waals surface area contributed by atoms with Gasteiger partial charge in [-0.15, -0.1) is 15.3 Å². The molecule has 2 heterocycles. The predicted octanol–water partition coefficient (Wildman–Crippen LogP) is 3.14. The van der Waals surface area contributed by atoms with Crippen LogP contribution in [0.3, 0.4) is 0 Å². The summed E-state index contributed by atoms with van der Waals surface area (Å²) in [6, 6.07) is 0. The third kappa shape index (κ3) is 4.52. The number of aromatic nitrogens is 4. The minimum Gasteiger partial charge on any atom is -0.316 e. The Balaban J connectivity index is 2.02. The maximum atomic E-state index is 4.32. The fourth-order valence-corrected chi connectivity index (χ4v) is 3.63. The second kappa shape index (κ2) is 6.89. The molecule has 0 aliphatic carbocycles. The summed E-state index contributed by atoms with van der Waals surface area (Å²) in [5.41, 5.74) is 0.987. The fraction of sp³-hybridized carbons (Fsp3) is 0.714. The lowest BCUT2D eigenvalue weighted by Gasteiger charge is -2.15. The lowest BCUT2D eigenvalue weighted by Crippen LogP contribution is -2.22. The van der Waals surface area contributed by atoms with E-state index < -0.39 is 0 Å². The van der Waals surface area contributed by atoms with Crippen LogP contribution in [0.25, 0.3) is 9.88 Å². The first-order valence-electron chi connectivity index (χ1n) is 7.24. The highest BCUT2D eigenvalue weighted by Crippen LogP contribution is 2.35. The van der Waals surface area contributed by atoms with E-state index >= 15 is 0 Å². The second-order valence-corrected chi connectivity index (χ2v) is 8.37. The van der Waals surface area contributed by atoms with Crippen LogP contribution >= 0.6 is 22.9 Å². The first kappa shape index (κ1) is 16.5. The molecule has 0 radical (unpaired) electrons. The minimum absolute atomic E-state index is 0.0208. The van der Waals surface area contributed by atoms with Gasteiger partial charge >= 0.3 is 0 Å². The topological polar surface area (TPSA) is 63.6 Å². The molecule has 0 unspecified atom stereocenters. The summed E-state index contributed by atoms with van der Waals surface area (Å²) in [5.74, 6) is 0.674. The Labute approximate surface area is 134 Å². The molecular formula is C14H23N5S2. The molecule has 0 fully saturated rings. The van der Waals surface area contributed by atoms with Crippen molar-refractivity contribution < 1.29 is 0 Å². The Morgan fingerprint density at radius 2 is 1.90 bits per heavy atom. The van der Waals surface area contributed by atoms with E-state index in [4.69, 9.17) is 0 Å². The van der Waals surface area contributed by atoms with Crippen molar-refractivity contribution in [3.63, 3.8) is 0 Å². The Hall–Kier alpha value is -0.920. The van der Waals surface area contributed by atoms with Crippen LogP contribution in [0.2, 0.25) is 0 Å². The minimum atomic E-state index is -0.0208. The summed E-state index contributed by atoms with van der Waals surface area (Å²) in [7, 11) is 0. The van der Waals surface area contributed by atoms with E-state index in [1.165, 1.54) is 11.5 Å². The van der Waals surface area contributed by atoms with Crippen LogP contribution in [-0.4, -0.2) is 32.9 Å². The lowest BCUT2D eigenvalue weighted by molar-refractivity contribution is 0.553. The van der Waals surface area contributed by atoms with E-state index in [9.17, 15) is 0 Å². The van der Waals surface area contributed by atoms with Crippen molar-refractivity contribution in [1.29, 1.82) is 0 Å². The summed E-state index contributed by atoms with van der Waals surface area (Å²) in [5, 5.41) is 18.3. The van der Waals surface area contributed by atoms with Crippen molar-refractivity contribution in [2.45, 2.75) is 46.5 Å². The molecule has 1 N–H and O–H groups in total. The zero-order valence-corrected chi connectivity index (χ0v) is 14.9. The molecule has 0 atom stereocenters. The molecule has 0 amide bonds. The van der Waals surface area contributed by atoms with E-state index in [1.54, 1.807) is 11.3 Å². The fourth-order valence-electron chi connectivity index (χ4n) is 1.85. The van der Waals surface area contributed by atoms with E-state index in [0.717, 1.165) is 40.1 Å². The molecule has 0 aliphatic rings. The zero-order chi connectivity index (χ0) is 15.5. The molecule has 21 heavy (non-hydrogen) atoms. The van der Waals surface area contributed by atoms with Gasteiger partial charge in [-0.05, 0) is 24.0 Å². The molecule has 2 aromatic rings. The van der Waals surface area contributed by atoms with Crippen molar-refractivity contribution in [1.82, 2.24) is 25.1 Å². The summed E-state index contributed by atoms with van der Waals surface area (Å²) >= 11 is 3.05. The molecule has 0 saturated carbocycles. The van der Waals surface area contributed by atoms with Crippen LogP contribution in [0.5, 0.6) is 0 Å². The lowest BCUT2D eigenvalue weighted by atomic mass is 9.91. The number of hydrogen-bond donors (Lipinski definition) is 1. The van der Waals surface area contributed by atoms with Crippen LogP contribution in [0.15, 0.2) is 0 Å². The van der Waals surface area contributed by atoms with Crippen molar-refractivity contribution in [3.05, 3.63) is 10.7 Å². The third-order valence-corrected chi connectivity index (χ3v) is 4.79. The summed E-state index contributed by atoms with van der Waals surface area (Å²) in [6.07, 6.45) is 0.918. The quantitative estimate of drug-likeness (QED) is 0.827. The predicted molar refractivity (Wildman–Crippen MR) is 88.9 cm³/mol. The van der Waals surface area contributed by atoms with E-state index in [-0.39, 0.29) is 5.41 Å². The third-order valence-electron chi connectivity index (χ3n) is 2.93. The second-order valence-electron chi connectivity index (χ2n) is 6.55. The zero-order valence-electron chi connectivity index (χ0n) is 13.3. The molecule has 0 aromatic carbocycles. The Morgan fingerprint density at radius 3 is 2.57 bits per heavy atom. The molecular weight excluding hydrogens is 302 g/mol. The summed E-state index contributed by atoms with van der Waals surface area (Å²) in [6.45, 7) is 12.8. The smallest absolute Gasteiger partial charge is 0.161 e. The molecule has 2 rings (SSSR count). The SMILES string of the molecule is CC(C)CNCCc1nnc(-c2snnc2C(C)(C)C)s1. The van der Waals surface area contributed by atoms with Gasteiger partial charge in [-0.3, -0.25) is 0 Å². The van der Waals surface area contributed by atoms with Gasteiger partial charge in [-0.2, -0.15) is 0 Å². The van der Waals surface area contributed by atoms with Gasteiger partial charge in [-0.1, -0.05) is 50.4 Å². The van der Waals surface area contributed by atoms with Gasteiger partial charge in [0.1, 0.15) is 9.88 Å². The number of nitrogens with zero attached hydrogens (tertiary/aromatic N) is 4. The Morgan fingerprint density at radius 1 is 1.14 bits per heavy atom. The molecule has 2 aromatic heterocycles. The van der Waals surface area contributed by atoms with Gasteiger partial charge in [0, 0.05) is 18.4 Å². The normalized spacial score (nSPS) is 12.3. The van der Waals surface area contributed by atoms with E-state index in [1.807, 2.05) is 0 Å². The standard InChI is InChI=1S/C14H23N5S2/c1-9(2)8-15-7-6-10-16-18-13(20-10)11-12(14(3,4)5)17-19-21-11/h9,15H,6-8H2,1-5H3. The van der Waals surface area contributed by atoms with Crippen molar-refractivity contribution >= 4 is 22.9 Å². The first-order chi connectivity index (χ1) is 9.88. The van der Waals surface area contributed by atoms with Crippen LogP contribution < -0.4 is 5.32 Å². The molecule has 0 bridgehead atoms. The number of hydrogen-bond acceptors (Lipinski definition) is 7. The van der Waals surface area contributed by atoms with Crippen molar-refractivity contribution in [3.8, 4) is 9.88 Å². The monoisotopic (exact) mass is 325 g/mol. The highest BCUT2D eigenvalue weighted by Gasteiger charge is 2.25. The Bertz CT molecular complexity index is 568. The van der Waals surface area contributed by atoms with Gasteiger partial charge in [0.25, 0.3) is 0 Å². The van der Waals surface area contributed by atoms with Crippen LogP contribution in [0.1, 0.15) is 45.3 Å². The van der Waals surface area contributed by atoms with Gasteiger partial charge in [0.15, 0.2) is 5.01 Å². The highest BCUT2D eigenvalue weighted by atomic mass is 32.1. The summed E-state index contributed by atoms with van der Waals surface area (Å²) in [4.78, 5) is 1.06. The van der Waals surface area contributed by atoms with Gasteiger partial charge in [0.2, 0.25) is 0 Å². The molecule has 7 heteroatoms. The molecule has 0 spiro atoms. The van der Waals surface area contributed by atoms with Crippen molar-refractivity contribution in [2.24, 2.45) is 5.92 Å². The maximum Gasteiger partial charge on any atom is 0.161 e. The van der Waals surface area contributed by atoms with Crippen molar-refractivity contribution in [2.75, 3.05) is 13.1 Å². The first-order valence-corrected chi connectivity index (χ1v) is 8.83. The van der Waals surface area contributed by atoms with E-state index in [0.29, 0.717) is 5.92 Å². The molecule has 0 saturated heterocycles. The van der Waals surface area contributed by atoms with Crippen LogP contribution in [0.4, 0.5) is 0 Å². The molecule has 5 nitrogen and oxygen atoms in total. The van der Waals surface area contributed by atoms with Gasteiger partial charge in [0.05, 0.1) is 5.69 Å². The number of nitrogens with one attached hydrogen (secondary N) is 1. The average Bonchev–Trinajstić information content (AvgIpc) is 3.01. The van der Waals surface area contributed by atoms with Crippen LogP contribution in [0, 0.1) is 5.92 Å². The highest BCUT2D eigenvalue weighted by molar-refractivity contribution is 7.19. The number of rotatable bonds is 6. The van der Waals surface area contributed by atoms with Gasteiger partial charge < -0.3 is 5.32 Å². The molecule has 0 aliphatic heterocycles. The molecule has 116 valence electrons. The Kier molecular flexibility index (Phi) is 5.40. The average molecular weight is 326 g/mol. The maximum absolute atomic E-state index is 4.32. The largest absolute Gasteiger partial charge is 0.316 e. The summed E-state index contributed by atoms with van der Waals surface area (Å²) < 4.78 is 4.09.